The van der Waals surface area contributed by atoms with Crippen molar-refractivity contribution in [3.63, 3.8) is 0 Å². The van der Waals surface area contributed by atoms with Crippen LogP contribution in [0, 0.1) is 0 Å². The summed E-state index contributed by atoms with van der Waals surface area (Å²) >= 11 is 0. The van der Waals surface area contributed by atoms with Crippen LogP contribution in [0.25, 0.3) is 11.1 Å². The Bertz CT molecular complexity index is 683. The van der Waals surface area contributed by atoms with E-state index in [0.717, 1.165) is 30.3 Å². The first-order valence-electron chi connectivity index (χ1n) is 6.57. The topological polar surface area (TPSA) is 3.24 Å². The summed E-state index contributed by atoms with van der Waals surface area (Å²) in [5, 5.41) is 0. The normalized spacial score (nSPS) is 12.3. The van der Waals surface area contributed by atoms with Gasteiger partial charge in [0.2, 0.25) is 0 Å². The minimum absolute atomic E-state index is 0.0784. The molecule has 1 nitrogen and oxygen atoms in total. The molecule has 0 heterocycles. The Kier molecular flexibility index (Phi) is 4.32. The second-order valence-corrected chi connectivity index (χ2v) is 5.17. The van der Waals surface area contributed by atoms with Crippen LogP contribution in [0.1, 0.15) is 11.1 Å². The fourth-order valence-corrected chi connectivity index (χ4v) is 2.28. The molecule has 0 saturated heterocycles. The van der Waals surface area contributed by atoms with Crippen LogP contribution >= 0.6 is 0 Å². The third-order valence-electron chi connectivity index (χ3n) is 3.33. The number of rotatable bonds is 2. The Morgan fingerprint density at radius 1 is 0.739 bits per heavy atom. The van der Waals surface area contributed by atoms with Gasteiger partial charge in [-0.25, -0.2) is 0 Å². The zero-order chi connectivity index (χ0) is 17.4. The van der Waals surface area contributed by atoms with Crippen molar-refractivity contribution in [2.45, 2.75) is 12.4 Å². The molecule has 0 saturated carbocycles. The van der Waals surface area contributed by atoms with Gasteiger partial charge in [0, 0.05) is 25.3 Å². The van der Waals surface area contributed by atoms with Crippen LogP contribution in [-0.4, -0.2) is 14.1 Å². The van der Waals surface area contributed by atoms with Crippen molar-refractivity contribution in [2.24, 2.45) is 0 Å². The highest BCUT2D eigenvalue weighted by Crippen LogP contribution is 2.42. The molecule has 0 aliphatic carbocycles. The molecule has 2 aromatic rings. The zero-order valence-corrected chi connectivity index (χ0v) is 12.3. The number of anilines is 1. The van der Waals surface area contributed by atoms with Gasteiger partial charge in [0.05, 0.1) is 11.1 Å². The second-order valence-electron chi connectivity index (χ2n) is 5.17. The number of hydrogen-bond acceptors (Lipinski definition) is 1. The molecule has 23 heavy (non-hydrogen) atoms. The Morgan fingerprint density at radius 3 is 1.74 bits per heavy atom. The molecular weight excluding hydrogens is 320 g/mol. The van der Waals surface area contributed by atoms with Crippen LogP contribution in [0.3, 0.4) is 0 Å². The van der Waals surface area contributed by atoms with Crippen molar-refractivity contribution in [1.82, 2.24) is 0 Å². The molecule has 0 aliphatic rings. The van der Waals surface area contributed by atoms with Crippen LogP contribution in [-0.2, 0) is 12.4 Å². The summed E-state index contributed by atoms with van der Waals surface area (Å²) in [4.78, 5) is 1.49. The van der Waals surface area contributed by atoms with Gasteiger partial charge >= 0.3 is 12.4 Å². The highest BCUT2D eigenvalue weighted by atomic mass is 19.4. The monoisotopic (exact) mass is 333 g/mol. The average molecular weight is 333 g/mol. The lowest BCUT2D eigenvalue weighted by atomic mass is 9.96. The van der Waals surface area contributed by atoms with Crippen molar-refractivity contribution >= 4 is 5.69 Å². The minimum Gasteiger partial charge on any atom is -0.377 e. The molecule has 2 aromatic carbocycles. The summed E-state index contributed by atoms with van der Waals surface area (Å²) in [5.74, 6) is 0. The van der Waals surface area contributed by atoms with Gasteiger partial charge in [0.1, 0.15) is 0 Å². The fraction of sp³-hybridized carbons (Fsp3) is 0.250. The Hall–Kier alpha value is -2.18. The van der Waals surface area contributed by atoms with Crippen LogP contribution < -0.4 is 4.90 Å². The van der Waals surface area contributed by atoms with E-state index in [1.165, 1.54) is 17.0 Å². The second kappa shape index (κ2) is 5.79. The maximum atomic E-state index is 13.2. The summed E-state index contributed by atoms with van der Waals surface area (Å²) in [6.07, 6.45) is -9.14. The van der Waals surface area contributed by atoms with Gasteiger partial charge < -0.3 is 4.90 Å². The summed E-state index contributed by atoms with van der Waals surface area (Å²) < 4.78 is 77.6. The van der Waals surface area contributed by atoms with Crippen LogP contribution in [0.5, 0.6) is 0 Å². The average Bonchev–Trinajstić information content (AvgIpc) is 2.44. The maximum Gasteiger partial charge on any atom is 0.417 e. The van der Waals surface area contributed by atoms with E-state index in [-0.39, 0.29) is 16.8 Å². The predicted molar refractivity (Wildman–Crippen MR) is 76.2 cm³/mol. The number of hydrogen-bond donors (Lipinski definition) is 0. The van der Waals surface area contributed by atoms with E-state index in [1.807, 2.05) is 0 Å². The number of halogens is 6. The molecule has 0 bridgehead atoms. The lowest BCUT2D eigenvalue weighted by molar-refractivity contribution is -0.138. The van der Waals surface area contributed by atoms with Gasteiger partial charge in [-0.1, -0.05) is 18.2 Å². The lowest BCUT2D eigenvalue weighted by Gasteiger charge is -2.22. The highest BCUT2D eigenvalue weighted by Gasteiger charge is 2.35. The molecule has 0 fully saturated rings. The van der Waals surface area contributed by atoms with Crippen LogP contribution in [0.4, 0.5) is 32.0 Å². The van der Waals surface area contributed by atoms with Crippen molar-refractivity contribution < 1.29 is 26.3 Å². The van der Waals surface area contributed by atoms with E-state index in [9.17, 15) is 26.3 Å². The molecular formula is C16H13F6N. The fourth-order valence-electron chi connectivity index (χ4n) is 2.28. The van der Waals surface area contributed by atoms with E-state index in [0.29, 0.717) is 0 Å². The van der Waals surface area contributed by atoms with Gasteiger partial charge in [-0.05, 0) is 29.8 Å². The van der Waals surface area contributed by atoms with Crippen LogP contribution in [0.2, 0.25) is 0 Å². The first-order chi connectivity index (χ1) is 10.5. The zero-order valence-electron chi connectivity index (χ0n) is 12.3. The quantitative estimate of drug-likeness (QED) is 0.660. The third-order valence-corrected chi connectivity index (χ3v) is 3.33. The van der Waals surface area contributed by atoms with Gasteiger partial charge in [-0.15, -0.1) is 0 Å². The largest absolute Gasteiger partial charge is 0.417 e. The van der Waals surface area contributed by atoms with Gasteiger partial charge in [-0.2, -0.15) is 26.3 Å². The van der Waals surface area contributed by atoms with E-state index in [1.54, 1.807) is 14.1 Å². The molecule has 0 amide bonds. The first kappa shape index (κ1) is 17.2. The van der Waals surface area contributed by atoms with Crippen molar-refractivity contribution in [3.05, 3.63) is 53.6 Å². The number of alkyl halides is 6. The Morgan fingerprint density at radius 2 is 1.30 bits per heavy atom. The van der Waals surface area contributed by atoms with Crippen molar-refractivity contribution in [3.8, 4) is 11.1 Å². The van der Waals surface area contributed by atoms with Gasteiger partial charge in [-0.3, -0.25) is 0 Å². The molecule has 2 rings (SSSR count). The summed E-state index contributed by atoms with van der Waals surface area (Å²) in [6.45, 7) is 0. The van der Waals surface area contributed by atoms with Crippen molar-refractivity contribution in [1.29, 1.82) is 0 Å². The van der Waals surface area contributed by atoms with Crippen LogP contribution in [0.15, 0.2) is 42.5 Å². The smallest absolute Gasteiger partial charge is 0.377 e. The molecule has 7 heteroatoms. The summed E-state index contributed by atoms with van der Waals surface area (Å²) in [5.41, 5.74) is -1.58. The number of nitrogens with zero attached hydrogens (tertiary/aromatic N) is 1. The standard InChI is InChI=1S/C16H13F6N/c1-23(2)13-5-3-4-12(16(20,21)22)14(13)10-6-8-11(9-7-10)15(17,18)19/h3-9H,1-2H3. The van der Waals surface area contributed by atoms with E-state index in [2.05, 4.69) is 0 Å². The summed E-state index contributed by atoms with van der Waals surface area (Å²) in [7, 11) is 3.14. The first-order valence-corrected chi connectivity index (χ1v) is 6.57. The molecule has 0 unspecified atom stereocenters. The van der Waals surface area contributed by atoms with E-state index < -0.39 is 23.5 Å². The molecule has 0 radical (unpaired) electrons. The third kappa shape index (κ3) is 3.60. The van der Waals surface area contributed by atoms with Gasteiger partial charge in [0.25, 0.3) is 0 Å². The number of benzene rings is 2. The Labute approximate surface area is 129 Å². The molecule has 124 valence electrons. The molecule has 0 aromatic heterocycles. The minimum atomic E-state index is -4.61. The lowest BCUT2D eigenvalue weighted by Crippen LogP contribution is -2.14. The molecule has 0 N–H and O–H groups in total. The van der Waals surface area contributed by atoms with Gasteiger partial charge in [0.15, 0.2) is 0 Å². The molecule has 0 aliphatic heterocycles. The van der Waals surface area contributed by atoms with E-state index in [4.69, 9.17) is 0 Å². The molecule has 0 atom stereocenters. The highest BCUT2D eigenvalue weighted by molar-refractivity contribution is 5.82. The SMILES string of the molecule is CN(C)c1cccc(C(F)(F)F)c1-c1ccc(C(F)(F)F)cc1. The Balaban J connectivity index is 2.66. The van der Waals surface area contributed by atoms with Crippen molar-refractivity contribution in [2.75, 3.05) is 19.0 Å². The predicted octanol–water partition coefficient (Wildman–Crippen LogP) is 5.46. The summed E-state index contributed by atoms with van der Waals surface area (Å²) in [6, 6.07) is 7.35. The maximum absolute atomic E-state index is 13.2. The molecule has 0 spiro atoms. The van der Waals surface area contributed by atoms with E-state index >= 15 is 0 Å².